The molecule has 1 aliphatic rings. The monoisotopic (exact) mass is 865 g/mol. The highest BCUT2D eigenvalue weighted by Crippen LogP contribution is 2.35. The van der Waals surface area contributed by atoms with Crippen molar-refractivity contribution >= 4 is 41.6 Å². The molecule has 2 aromatic rings. The summed E-state index contributed by atoms with van der Waals surface area (Å²) in [4.78, 5) is 90.2. The summed E-state index contributed by atoms with van der Waals surface area (Å²) in [5, 5.41) is 24.9. The largest absolute Gasteiger partial charge is 0.480 e. The van der Waals surface area contributed by atoms with E-state index in [1.807, 2.05) is 26.0 Å². The third-order valence-corrected chi connectivity index (χ3v) is 9.97. The van der Waals surface area contributed by atoms with Gasteiger partial charge in [0.25, 0.3) is 11.8 Å². The molecule has 1 fully saturated rings. The first-order valence-electron chi connectivity index (χ1n) is 21.5. The number of hydrogen-bond donors (Lipinski definition) is 8. The standard InChI is InChI=1S/C45H67N7O10/c1-8-9-12-30-14-16-31(17-15-30)32-18-20-33(21-19-32)38(54)47-26-22-35(53)49-34(13-10-11-25-48-43(60)62-44(5,6)7)39(55)50-36(29(4)61-27-28(2)3)40(56)51-37(46)41(57)52-45(23-24-45)42(58)59/h14-21,28-29,34,36-37H,8-13,22-27,46H2,1-7H3,(H,47,54)(H,48,60)(H,49,53)(H,50,55)(H,51,56)(H,52,57)(H,58,59)/t29-,34+,36+,37-/m1/s1. The molecule has 62 heavy (non-hydrogen) atoms. The van der Waals surface area contributed by atoms with Crippen LogP contribution in [0.3, 0.4) is 0 Å². The number of ether oxygens (including phenoxy) is 2. The van der Waals surface area contributed by atoms with E-state index < -0.39 is 71.2 Å². The molecule has 0 unspecified atom stereocenters. The van der Waals surface area contributed by atoms with Gasteiger partial charge in [-0.3, -0.25) is 24.0 Å². The van der Waals surface area contributed by atoms with Crippen LogP contribution in [0.15, 0.2) is 48.5 Å². The molecule has 3 rings (SSSR count). The highest BCUT2D eigenvalue weighted by Gasteiger charge is 2.52. The first kappa shape index (κ1) is 50.8. The van der Waals surface area contributed by atoms with Gasteiger partial charge in [0, 0.05) is 31.7 Å². The average molecular weight is 866 g/mol. The van der Waals surface area contributed by atoms with Crippen molar-refractivity contribution in [3.8, 4) is 11.1 Å². The molecule has 1 saturated carbocycles. The number of carboxylic acids is 1. The molecular formula is C45H67N7O10. The van der Waals surface area contributed by atoms with Crippen molar-refractivity contribution in [1.29, 1.82) is 0 Å². The zero-order valence-electron chi connectivity index (χ0n) is 37.2. The van der Waals surface area contributed by atoms with Crippen LogP contribution in [0.1, 0.15) is 116 Å². The second-order valence-electron chi connectivity index (χ2n) is 17.2. The summed E-state index contributed by atoms with van der Waals surface area (Å²) in [5.74, 6) is -4.61. The van der Waals surface area contributed by atoms with Gasteiger partial charge in [-0.05, 0) is 107 Å². The fourth-order valence-electron chi connectivity index (χ4n) is 6.19. The van der Waals surface area contributed by atoms with Gasteiger partial charge in [-0.25, -0.2) is 9.59 Å². The Labute approximate surface area is 364 Å². The maximum absolute atomic E-state index is 13.9. The molecule has 0 radical (unpaired) electrons. The fourth-order valence-corrected chi connectivity index (χ4v) is 6.19. The Morgan fingerprint density at radius 3 is 1.98 bits per heavy atom. The number of amides is 6. The zero-order chi connectivity index (χ0) is 46.0. The van der Waals surface area contributed by atoms with Crippen molar-refractivity contribution in [2.75, 3.05) is 19.7 Å². The number of alkyl carbamates (subject to hydrolysis) is 1. The van der Waals surface area contributed by atoms with Crippen LogP contribution in [-0.4, -0.2) is 102 Å². The van der Waals surface area contributed by atoms with Crippen LogP contribution in [0.2, 0.25) is 0 Å². The highest BCUT2D eigenvalue weighted by molar-refractivity contribution is 5.97. The van der Waals surface area contributed by atoms with Gasteiger partial charge in [-0.1, -0.05) is 63.6 Å². The number of aliphatic carboxylic acids is 1. The van der Waals surface area contributed by atoms with Gasteiger partial charge in [0.1, 0.15) is 23.2 Å². The quantitative estimate of drug-likeness (QED) is 0.0528. The maximum atomic E-state index is 13.9. The summed E-state index contributed by atoms with van der Waals surface area (Å²) in [7, 11) is 0. The second kappa shape index (κ2) is 24.2. The summed E-state index contributed by atoms with van der Waals surface area (Å²) >= 11 is 0. The predicted octanol–water partition coefficient (Wildman–Crippen LogP) is 3.68. The number of hydrogen-bond acceptors (Lipinski definition) is 10. The minimum Gasteiger partial charge on any atom is -0.480 e. The maximum Gasteiger partial charge on any atom is 0.407 e. The van der Waals surface area contributed by atoms with Gasteiger partial charge in [0.2, 0.25) is 17.7 Å². The minimum atomic E-state index is -1.65. The zero-order valence-corrected chi connectivity index (χ0v) is 37.2. The van der Waals surface area contributed by atoms with Crippen molar-refractivity contribution in [2.24, 2.45) is 11.7 Å². The molecule has 342 valence electrons. The normalized spacial score (nSPS) is 14.9. The number of carbonyl (C=O) groups is 7. The summed E-state index contributed by atoms with van der Waals surface area (Å²) in [6.07, 6.45) is 1.24. The Bertz CT molecular complexity index is 1830. The van der Waals surface area contributed by atoms with Crippen LogP contribution in [0, 0.1) is 5.92 Å². The number of unbranched alkanes of at least 4 members (excludes halogenated alkanes) is 2. The topological polar surface area (TPSA) is 256 Å². The number of carboxylic acid groups (broad SMARTS) is 1. The molecule has 6 amide bonds. The summed E-state index contributed by atoms with van der Waals surface area (Å²) in [6, 6.07) is 13.0. The summed E-state index contributed by atoms with van der Waals surface area (Å²) in [6.45, 7) is 13.1. The van der Waals surface area contributed by atoms with E-state index in [0.29, 0.717) is 18.4 Å². The van der Waals surface area contributed by atoms with Crippen molar-refractivity contribution in [1.82, 2.24) is 31.9 Å². The van der Waals surface area contributed by atoms with Crippen LogP contribution in [0.5, 0.6) is 0 Å². The first-order chi connectivity index (χ1) is 29.2. The second-order valence-corrected chi connectivity index (χ2v) is 17.2. The minimum absolute atomic E-state index is 0.0337. The lowest BCUT2D eigenvalue weighted by atomic mass is 10.0. The van der Waals surface area contributed by atoms with Crippen LogP contribution in [0.4, 0.5) is 4.79 Å². The Kier molecular flexibility index (Phi) is 19.8. The van der Waals surface area contributed by atoms with Crippen molar-refractivity contribution in [3.63, 3.8) is 0 Å². The number of carbonyl (C=O) groups excluding carboxylic acids is 6. The van der Waals surface area contributed by atoms with Gasteiger partial charge in [0.05, 0.1) is 6.10 Å². The number of benzene rings is 2. The lowest BCUT2D eigenvalue weighted by Gasteiger charge is -2.28. The van der Waals surface area contributed by atoms with E-state index in [1.54, 1.807) is 39.8 Å². The Morgan fingerprint density at radius 1 is 0.790 bits per heavy atom. The summed E-state index contributed by atoms with van der Waals surface area (Å²) < 4.78 is 11.1. The van der Waals surface area contributed by atoms with E-state index in [4.69, 9.17) is 15.2 Å². The molecule has 17 heteroatoms. The molecule has 2 aromatic carbocycles. The number of nitrogens with one attached hydrogen (secondary N) is 6. The van der Waals surface area contributed by atoms with Crippen molar-refractivity contribution in [2.45, 2.75) is 142 Å². The van der Waals surface area contributed by atoms with E-state index >= 15 is 0 Å². The Balaban J connectivity index is 1.66. The molecule has 0 spiro atoms. The molecular weight excluding hydrogens is 799 g/mol. The third kappa shape index (κ3) is 17.4. The smallest absolute Gasteiger partial charge is 0.407 e. The van der Waals surface area contributed by atoms with E-state index in [0.717, 1.165) is 30.4 Å². The van der Waals surface area contributed by atoms with E-state index in [1.165, 1.54) is 5.56 Å². The summed E-state index contributed by atoms with van der Waals surface area (Å²) in [5.41, 5.74) is 7.51. The molecule has 4 atom stereocenters. The van der Waals surface area contributed by atoms with Crippen LogP contribution >= 0.6 is 0 Å². The number of aryl methyl sites for hydroxylation is 1. The molecule has 17 nitrogen and oxygen atoms in total. The molecule has 0 aromatic heterocycles. The molecule has 9 N–H and O–H groups in total. The molecule has 0 bridgehead atoms. The molecule has 0 saturated heterocycles. The van der Waals surface area contributed by atoms with Crippen LogP contribution in [-0.2, 0) is 39.9 Å². The first-order valence-corrected chi connectivity index (χ1v) is 21.5. The number of nitrogens with two attached hydrogens (primary N) is 1. The van der Waals surface area contributed by atoms with Crippen molar-refractivity contribution in [3.05, 3.63) is 59.7 Å². The lowest BCUT2D eigenvalue weighted by molar-refractivity contribution is -0.143. The van der Waals surface area contributed by atoms with Gasteiger partial charge in [-0.15, -0.1) is 0 Å². The third-order valence-electron chi connectivity index (χ3n) is 9.97. The predicted molar refractivity (Wildman–Crippen MR) is 234 cm³/mol. The van der Waals surface area contributed by atoms with E-state index in [9.17, 15) is 38.7 Å². The average Bonchev–Trinajstić information content (AvgIpc) is 4.00. The fraction of sp³-hybridized carbons (Fsp3) is 0.578. The van der Waals surface area contributed by atoms with Crippen LogP contribution in [0.25, 0.3) is 11.1 Å². The molecule has 1 aliphatic carbocycles. The Morgan fingerprint density at radius 2 is 1.42 bits per heavy atom. The van der Waals surface area contributed by atoms with Crippen molar-refractivity contribution < 1.29 is 48.1 Å². The van der Waals surface area contributed by atoms with Gasteiger partial charge in [-0.2, -0.15) is 0 Å². The van der Waals surface area contributed by atoms with Gasteiger partial charge < -0.3 is 52.2 Å². The van der Waals surface area contributed by atoms with Gasteiger partial charge in [0.15, 0.2) is 6.17 Å². The molecule has 0 heterocycles. The molecule has 0 aliphatic heterocycles. The van der Waals surface area contributed by atoms with Gasteiger partial charge >= 0.3 is 12.1 Å². The number of rotatable bonds is 25. The highest BCUT2D eigenvalue weighted by atomic mass is 16.6. The SMILES string of the molecule is CCCCc1ccc(-c2ccc(C(=O)NCCC(=O)N[C@@H](CCCCNC(=O)OC(C)(C)C)C(=O)N[C@H](C(=O)N[C@@H](N)C(=O)NC3(C(=O)O)CC3)[C@@H](C)OCC(C)C)cc2)cc1. The Hall–Kier alpha value is -5.55. The van der Waals surface area contributed by atoms with E-state index in [2.05, 4.69) is 63.1 Å². The van der Waals surface area contributed by atoms with Crippen LogP contribution < -0.4 is 37.6 Å². The van der Waals surface area contributed by atoms with E-state index in [-0.39, 0.29) is 57.2 Å². The lowest BCUT2D eigenvalue weighted by Crippen LogP contribution is -2.63.